The number of rotatable bonds is 8. The Morgan fingerprint density at radius 2 is 1.87 bits per heavy atom. The number of aliphatic imine (C=N–C) groups is 1. The highest BCUT2D eigenvalue weighted by atomic mass is 16.5. The quantitative estimate of drug-likeness (QED) is 0.505. The molecule has 6 heteroatoms. The summed E-state index contributed by atoms with van der Waals surface area (Å²) < 4.78 is 5.46. The molecule has 2 N–H and O–H groups in total. The molecule has 3 rings (SSSR count). The van der Waals surface area contributed by atoms with Crippen LogP contribution in [0.15, 0.2) is 29.3 Å². The number of benzene rings is 1. The van der Waals surface area contributed by atoms with Crippen molar-refractivity contribution in [3.05, 3.63) is 35.4 Å². The molecule has 1 aromatic rings. The van der Waals surface area contributed by atoms with E-state index < -0.39 is 0 Å². The number of hydrogen-bond acceptors (Lipinski definition) is 4. The van der Waals surface area contributed by atoms with E-state index in [0.29, 0.717) is 12.6 Å². The number of guanidine groups is 1. The Morgan fingerprint density at radius 3 is 2.57 bits per heavy atom. The SMILES string of the molecule is CCNC(=NCc1ccc(CN2CCCC(C)C2)cc1)NCC(C)N1CCOCC1. The van der Waals surface area contributed by atoms with Gasteiger partial charge in [-0.2, -0.15) is 0 Å². The lowest BCUT2D eigenvalue weighted by molar-refractivity contribution is 0.0211. The molecule has 168 valence electrons. The summed E-state index contributed by atoms with van der Waals surface area (Å²) in [6, 6.07) is 9.46. The largest absolute Gasteiger partial charge is 0.379 e. The van der Waals surface area contributed by atoms with E-state index in [0.717, 1.165) is 57.8 Å². The van der Waals surface area contributed by atoms with Gasteiger partial charge in [0, 0.05) is 45.3 Å². The first-order valence-corrected chi connectivity index (χ1v) is 11.8. The molecule has 2 atom stereocenters. The fourth-order valence-electron chi connectivity index (χ4n) is 4.34. The zero-order valence-electron chi connectivity index (χ0n) is 19.2. The standard InChI is InChI=1S/C24H41N5O/c1-4-25-24(26-16-21(3)29-12-14-30-15-13-29)27-17-22-7-9-23(10-8-22)19-28-11-5-6-20(2)18-28/h7-10,20-21H,4-6,11-19H2,1-3H3,(H2,25,26,27). The van der Waals surface area contributed by atoms with Gasteiger partial charge in [0.1, 0.15) is 0 Å². The molecule has 0 radical (unpaired) electrons. The van der Waals surface area contributed by atoms with Gasteiger partial charge in [0.25, 0.3) is 0 Å². The van der Waals surface area contributed by atoms with Crippen molar-refractivity contribution in [2.24, 2.45) is 10.9 Å². The summed E-state index contributed by atoms with van der Waals surface area (Å²) in [4.78, 5) is 9.86. The van der Waals surface area contributed by atoms with Gasteiger partial charge >= 0.3 is 0 Å². The van der Waals surface area contributed by atoms with E-state index in [2.05, 4.69) is 65.5 Å². The molecule has 6 nitrogen and oxygen atoms in total. The molecule has 2 aliphatic heterocycles. The van der Waals surface area contributed by atoms with Crippen molar-refractivity contribution >= 4 is 5.96 Å². The second kappa shape index (κ2) is 12.3. The minimum absolute atomic E-state index is 0.467. The Morgan fingerprint density at radius 1 is 1.13 bits per heavy atom. The molecule has 0 saturated carbocycles. The van der Waals surface area contributed by atoms with Crippen molar-refractivity contribution in [2.75, 3.05) is 52.5 Å². The minimum atomic E-state index is 0.467. The second-order valence-electron chi connectivity index (χ2n) is 8.87. The van der Waals surface area contributed by atoms with E-state index in [9.17, 15) is 0 Å². The molecule has 2 unspecified atom stereocenters. The van der Waals surface area contributed by atoms with E-state index >= 15 is 0 Å². The first kappa shape index (κ1) is 23.0. The summed E-state index contributed by atoms with van der Waals surface area (Å²) >= 11 is 0. The molecule has 2 fully saturated rings. The van der Waals surface area contributed by atoms with E-state index in [1.807, 2.05) is 0 Å². The molecule has 2 saturated heterocycles. The topological polar surface area (TPSA) is 52.1 Å². The fourth-order valence-corrected chi connectivity index (χ4v) is 4.34. The third-order valence-electron chi connectivity index (χ3n) is 6.17. The van der Waals surface area contributed by atoms with Gasteiger partial charge in [0.05, 0.1) is 19.8 Å². The molecule has 0 aliphatic carbocycles. The van der Waals surface area contributed by atoms with Crippen molar-refractivity contribution in [3.63, 3.8) is 0 Å². The summed E-state index contributed by atoms with van der Waals surface area (Å²) in [6.07, 6.45) is 2.71. The number of nitrogens with one attached hydrogen (secondary N) is 2. The van der Waals surface area contributed by atoms with Crippen LogP contribution in [0.4, 0.5) is 0 Å². The van der Waals surface area contributed by atoms with Crippen LogP contribution in [0.3, 0.4) is 0 Å². The highest BCUT2D eigenvalue weighted by Gasteiger charge is 2.17. The van der Waals surface area contributed by atoms with Gasteiger partial charge in [-0.15, -0.1) is 0 Å². The molecule has 1 aromatic carbocycles. The van der Waals surface area contributed by atoms with E-state index in [4.69, 9.17) is 9.73 Å². The third kappa shape index (κ3) is 7.56. The highest BCUT2D eigenvalue weighted by molar-refractivity contribution is 5.79. The molecule has 2 heterocycles. The minimum Gasteiger partial charge on any atom is -0.379 e. The van der Waals surface area contributed by atoms with Gasteiger partial charge < -0.3 is 15.4 Å². The summed E-state index contributed by atoms with van der Waals surface area (Å²) in [5.74, 6) is 1.72. The van der Waals surface area contributed by atoms with Crippen LogP contribution in [0.2, 0.25) is 0 Å². The molecule has 0 amide bonds. The Labute approximate surface area is 183 Å². The molecule has 2 aliphatic rings. The summed E-state index contributed by atoms with van der Waals surface area (Å²) in [5.41, 5.74) is 2.66. The maximum Gasteiger partial charge on any atom is 0.191 e. The molecular weight excluding hydrogens is 374 g/mol. The lowest BCUT2D eigenvalue weighted by Gasteiger charge is -2.32. The third-order valence-corrected chi connectivity index (χ3v) is 6.17. The van der Waals surface area contributed by atoms with Gasteiger partial charge in [0.2, 0.25) is 0 Å². The van der Waals surface area contributed by atoms with E-state index in [-0.39, 0.29) is 0 Å². The van der Waals surface area contributed by atoms with Crippen LogP contribution in [-0.2, 0) is 17.8 Å². The molecule has 0 aromatic heterocycles. The Balaban J connectivity index is 1.47. The van der Waals surface area contributed by atoms with Crippen LogP contribution >= 0.6 is 0 Å². The summed E-state index contributed by atoms with van der Waals surface area (Å²) in [6.45, 7) is 16.4. The highest BCUT2D eigenvalue weighted by Crippen LogP contribution is 2.18. The molecule has 0 spiro atoms. The number of hydrogen-bond donors (Lipinski definition) is 2. The van der Waals surface area contributed by atoms with Crippen molar-refractivity contribution in [1.82, 2.24) is 20.4 Å². The lowest BCUT2D eigenvalue weighted by atomic mass is 9.99. The predicted octanol–water partition coefficient (Wildman–Crippen LogP) is 2.69. The average molecular weight is 416 g/mol. The zero-order valence-corrected chi connectivity index (χ0v) is 19.2. The van der Waals surface area contributed by atoms with Crippen molar-refractivity contribution in [3.8, 4) is 0 Å². The average Bonchev–Trinajstić information content (AvgIpc) is 2.77. The van der Waals surface area contributed by atoms with Gasteiger partial charge in [0.15, 0.2) is 5.96 Å². The predicted molar refractivity (Wildman–Crippen MR) is 125 cm³/mol. The van der Waals surface area contributed by atoms with Crippen LogP contribution in [0.25, 0.3) is 0 Å². The van der Waals surface area contributed by atoms with E-state index in [1.165, 1.54) is 37.1 Å². The first-order chi connectivity index (χ1) is 14.6. The Hall–Kier alpha value is -1.63. The second-order valence-corrected chi connectivity index (χ2v) is 8.87. The maximum absolute atomic E-state index is 5.46. The van der Waals surface area contributed by atoms with Crippen molar-refractivity contribution in [1.29, 1.82) is 0 Å². The fraction of sp³-hybridized carbons (Fsp3) is 0.708. The van der Waals surface area contributed by atoms with Crippen LogP contribution < -0.4 is 10.6 Å². The van der Waals surface area contributed by atoms with Gasteiger partial charge in [-0.25, -0.2) is 4.99 Å². The number of likely N-dealkylation sites (tertiary alicyclic amines) is 1. The van der Waals surface area contributed by atoms with Crippen molar-refractivity contribution < 1.29 is 4.74 Å². The Bertz CT molecular complexity index is 642. The van der Waals surface area contributed by atoms with Crippen molar-refractivity contribution in [2.45, 2.75) is 52.7 Å². The molecule has 0 bridgehead atoms. The number of morpholine rings is 1. The summed E-state index contributed by atoms with van der Waals surface area (Å²) in [7, 11) is 0. The maximum atomic E-state index is 5.46. The summed E-state index contributed by atoms with van der Waals surface area (Å²) in [5, 5.41) is 6.88. The molecule has 30 heavy (non-hydrogen) atoms. The number of ether oxygens (including phenoxy) is 1. The van der Waals surface area contributed by atoms with Gasteiger partial charge in [-0.1, -0.05) is 31.2 Å². The van der Waals surface area contributed by atoms with Gasteiger partial charge in [-0.05, 0) is 50.3 Å². The van der Waals surface area contributed by atoms with Crippen LogP contribution in [0, 0.1) is 5.92 Å². The number of nitrogens with zero attached hydrogens (tertiary/aromatic N) is 3. The number of piperidine rings is 1. The monoisotopic (exact) mass is 415 g/mol. The van der Waals surface area contributed by atoms with Crippen LogP contribution in [-0.4, -0.2) is 74.3 Å². The van der Waals surface area contributed by atoms with E-state index in [1.54, 1.807) is 0 Å². The van der Waals surface area contributed by atoms with Crippen LogP contribution in [0.5, 0.6) is 0 Å². The van der Waals surface area contributed by atoms with Gasteiger partial charge in [-0.3, -0.25) is 9.80 Å². The molecular formula is C24H41N5O. The normalized spacial score (nSPS) is 22.6. The zero-order chi connectivity index (χ0) is 21.2. The lowest BCUT2D eigenvalue weighted by Crippen LogP contribution is -2.49. The van der Waals surface area contributed by atoms with Crippen LogP contribution in [0.1, 0.15) is 44.7 Å². The Kier molecular flexibility index (Phi) is 9.43. The first-order valence-electron chi connectivity index (χ1n) is 11.8. The smallest absolute Gasteiger partial charge is 0.191 e.